The lowest BCUT2D eigenvalue weighted by atomic mass is 10.2. The molecular weight excluding hydrogens is 208 g/mol. The topological polar surface area (TPSA) is 48.9 Å². The summed E-state index contributed by atoms with van der Waals surface area (Å²) in [6.07, 6.45) is 3.70. The summed E-state index contributed by atoms with van der Waals surface area (Å²) in [5.41, 5.74) is 1.77. The number of hydrogen-bond acceptors (Lipinski definition) is 3. The Bertz CT molecular complexity index is 436. The molecule has 15 heavy (non-hydrogen) atoms. The minimum atomic E-state index is -0.00407. The van der Waals surface area contributed by atoms with E-state index < -0.39 is 0 Å². The lowest BCUT2D eigenvalue weighted by Gasteiger charge is -1.98. The largest absolute Gasteiger partial charge is 0.390 e. The summed E-state index contributed by atoms with van der Waals surface area (Å²) in [5, 5.41) is 8.91. The number of aromatic amines is 1. The van der Waals surface area contributed by atoms with Crippen LogP contribution >= 0.6 is 11.8 Å². The van der Waals surface area contributed by atoms with Gasteiger partial charge >= 0.3 is 0 Å². The van der Waals surface area contributed by atoms with Crippen molar-refractivity contribution in [3.8, 4) is 11.4 Å². The number of hydrogen-bond donors (Lipinski definition) is 2. The molecule has 1 aromatic carbocycles. The van der Waals surface area contributed by atoms with E-state index in [2.05, 4.69) is 22.1 Å². The van der Waals surface area contributed by atoms with Crippen LogP contribution in [0, 0.1) is 0 Å². The molecule has 0 fully saturated rings. The normalized spacial score (nSPS) is 10.5. The van der Waals surface area contributed by atoms with Crippen LogP contribution in [0.3, 0.4) is 0 Å². The first-order valence-corrected chi connectivity index (χ1v) is 5.85. The highest BCUT2D eigenvalue weighted by Crippen LogP contribution is 2.20. The summed E-state index contributed by atoms with van der Waals surface area (Å²) in [5.74, 6) is 0.798. The van der Waals surface area contributed by atoms with Crippen molar-refractivity contribution in [2.75, 3.05) is 6.26 Å². The van der Waals surface area contributed by atoms with Gasteiger partial charge in [0, 0.05) is 10.5 Å². The Hall–Kier alpha value is -1.26. The third-order valence-electron chi connectivity index (χ3n) is 2.16. The highest BCUT2D eigenvalue weighted by atomic mass is 32.2. The van der Waals surface area contributed by atoms with E-state index in [0.717, 1.165) is 17.1 Å². The minimum absolute atomic E-state index is 0.00407. The number of aliphatic hydroxyl groups is 1. The van der Waals surface area contributed by atoms with Gasteiger partial charge in [0.1, 0.15) is 5.82 Å². The monoisotopic (exact) mass is 220 g/mol. The van der Waals surface area contributed by atoms with Crippen molar-refractivity contribution in [1.29, 1.82) is 0 Å². The van der Waals surface area contributed by atoms with Crippen LogP contribution in [0.25, 0.3) is 11.4 Å². The van der Waals surface area contributed by atoms with Gasteiger partial charge in [0.15, 0.2) is 0 Å². The molecule has 0 saturated heterocycles. The number of imidazole rings is 1. The van der Waals surface area contributed by atoms with E-state index in [1.54, 1.807) is 18.0 Å². The summed E-state index contributed by atoms with van der Waals surface area (Å²) in [6, 6.07) is 8.15. The van der Waals surface area contributed by atoms with Gasteiger partial charge in [-0.15, -0.1) is 11.8 Å². The van der Waals surface area contributed by atoms with Crippen molar-refractivity contribution in [1.82, 2.24) is 9.97 Å². The van der Waals surface area contributed by atoms with Crippen LogP contribution < -0.4 is 0 Å². The van der Waals surface area contributed by atoms with Gasteiger partial charge in [-0.25, -0.2) is 4.98 Å². The number of aliphatic hydroxyl groups excluding tert-OH is 1. The van der Waals surface area contributed by atoms with Gasteiger partial charge in [-0.3, -0.25) is 0 Å². The predicted octanol–water partition coefficient (Wildman–Crippen LogP) is 2.29. The summed E-state index contributed by atoms with van der Waals surface area (Å²) < 4.78 is 0. The zero-order chi connectivity index (χ0) is 10.7. The number of nitrogens with one attached hydrogen (secondary N) is 1. The molecule has 0 spiro atoms. The van der Waals surface area contributed by atoms with Crippen LogP contribution in [0.1, 0.15) is 5.69 Å². The molecule has 2 rings (SSSR count). The zero-order valence-corrected chi connectivity index (χ0v) is 9.21. The highest BCUT2D eigenvalue weighted by Gasteiger charge is 2.02. The second kappa shape index (κ2) is 4.51. The standard InChI is InChI=1S/C11H12N2OS/c1-15-10-4-2-8(3-5-10)11-12-6-9(7-14)13-11/h2-6,14H,7H2,1H3,(H,12,13). The van der Waals surface area contributed by atoms with Crippen molar-refractivity contribution >= 4 is 11.8 Å². The smallest absolute Gasteiger partial charge is 0.137 e. The number of benzene rings is 1. The summed E-state index contributed by atoms with van der Waals surface area (Å²) in [6.45, 7) is -0.00407. The summed E-state index contributed by atoms with van der Waals surface area (Å²) >= 11 is 1.71. The van der Waals surface area contributed by atoms with Gasteiger partial charge in [0.05, 0.1) is 18.5 Å². The molecular formula is C11H12N2OS. The first kappa shape index (κ1) is 10.3. The molecule has 4 heteroatoms. The van der Waals surface area contributed by atoms with Crippen LogP contribution in [-0.2, 0) is 6.61 Å². The van der Waals surface area contributed by atoms with Crippen molar-refractivity contribution in [3.63, 3.8) is 0 Å². The number of nitrogens with zero attached hydrogens (tertiary/aromatic N) is 1. The fourth-order valence-electron chi connectivity index (χ4n) is 1.34. The van der Waals surface area contributed by atoms with E-state index in [1.165, 1.54) is 4.90 Å². The maximum Gasteiger partial charge on any atom is 0.137 e. The van der Waals surface area contributed by atoms with Crippen molar-refractivity contribution in [2.45, 2.75) is 11.5 Å². The van der Waals surface area contributed by atoms with E-state index >= 15 is 0 Å². The predicted molar refractivity (Wildman–Crippen MR) is 61.7 cm³/mol. The van der Waals surface area contributed by atoms with E-state index in [9.17, 15) is 0 Å². The van der Waals surface area contributed by atoms with Crippen molar-refractivity contribution < 1.29 is 5.11 Å². The molecule has 1 heterocycles. The molecule has 0 aliphatic carbocycles. The van der Waals surface area contributed by atoms with Crippen LogP contribution in [0.15, 0.2) is 35.4 Å². The Balaban J connectivity index is 2.28. The third-order valence-corrected chi connectivity index (χ3v) is 2.91. The molecule has 0 unspecified atom stereocenters. The van der Waals surface area contributed by atoms with Gasteiger partial charge in [-0.1, -0.05) is 12.1 Å². The second-order valence-electron chi connectivity index (χ2n) is 3.14. The number of H-pyrrole nitrogens is 1. The van der Waals surface area contributed by atoms with Gasteiger partial charge in [0.25, 0.3) is 0 Å². The Morgan fingerprint density at radius 2 is 2.07 bits per heavy atom. The van der Waals surface area contributed by atoms with E-state index in [0.29, 0.717) is 0 Å². The van der Waals surface area contributed by atoms with E-state index in [4.69, 9.17) is 5.11 Å². The van der Waals surface area contributed by atoms with Crippen molar-refractivity contribution in [2.24, 2.45) is 0 Å². The fourth-order valence-corrected chi connectivity index (χ4v) is 1.74. The highest BCUT2D eigenvalue weighted by molar-refractivity contribution is 7.98. The average Bonchev–Trinajstić information content (AvgIpc) is 2.78. The molecule has 0 atom stereocenters. The SMILES string of the molecule is CSc1ccc(-c2ncc(CO)[nH]2)cc1. The van der Waals surface area contributed by atoms with Gasteiger partial charge < -0.3 is 10.1 Å². The quantitative estimate of drug-likeness (QED) is 0.780. The molecule has 0 saturated carbocycles. The van der Waals surface area contributed by atoms with E-state index in [1.807, 2.05) is 18.4 Å². The van der Waals surface area contributed by atoms with Gasteiger partial charge in [-0.2, -0.15) is 0 Å². The molecule has 0 amide bonds. The maximum atomic E-state index is 8.91. The molecule has 0 aliphatic rings. The average molecular weight is 220 g/mol. The van der Waals surface area contributed by atoms with Crippen LogP contribution in [0.2, 0.25) is 0 Å². The zero-order valence-electron chi connectivity index (χ0n) is 8.40. The Morgan fingerprint density at radius 3 is 2.60 bits per heavy atom. The number of thioether (sulfide) groups is 1. The molecule has 78 valence electrons. The molecule has 2 N–H and O–H groups in total. The molecule has 0 radical (unpaired) electrons. The first-order valence-electron chi connectivity index (χ1n) is 4.62. The third kappa shape index (κ3) is 2.22. The second-order valence-corrected chi connectivity index (χ2v) is 4.02. The summed E-state index contributed by atoms with van der Waals surface area (Å²) in [4.78, 5) is 8.47. The minimum Gasteiger partial charge on any atom is -0.390 e. The lowest BCUT2D eigenvalue weighted by Crippen LogP contribution is -1.83. The van der Waals surface area contributed by atoms with Crippen LogP contribution in [-0.4, -0.2) is 21.3 Å². The lowest BCUT2D eigenvalue weighted by molar-refractivity contribution is 0.277. The summed E-state index contributed by atoms with van der Waals surface area (Å²) in [7, 11) is 0. The van der Waals surface area contributed by atoms with E-state index in [-0.39, 0.29) is 6.61 Å². The van der Waals surface area contributed by atoms with Crippen LogP contribution in [0.5, 0.6) is 0 Å². The number of aromatic nitrogens is 2. The maximum absolute atomic E-state index is 8.91. The molecule has 1 aromatic heterocycles. The molecule has 3 nitrogen and oxygen atoms in total. The fraction of sp³-hybridized carbons (Fsp3) is 0.182. The van der Waals surface area contributed by atoms with Gasteiger partial charge in [0.2, 0.25) is 0 Å². The first-order chi connectivity index (χ1) is 7.33. The van der Waals surface area contributed by atoms with Gasteiger partial charge in [-0.05, 0) is 18.4 Å². The Labute approximate surface area is 92.6 Å². The molecule has 2 aromatic rings. The Morgan fingerprint density at radius 1 is 1.33 bits per heavy atom. The number of rotatable bonds is 3. The molecule has 0 bridgehead atoms. The van der Waals surface area contributed by atoms with Crippen molar-refractivity contribution in [3.05, 3.63) is 36.2 Å². The Kier molecular flexibility index (Phi) is 3.08. The van der Waals surface area contributed by atoms with Crippen LogP contribution in [0.4, 0.5) is 0 Å². The molecule has 0 aliphatic heterocycles.